The number of ether oxygens (including phenoxy) is 1. The molecule has 0 spiro atoms. The van der Waals surface area contributed by atoms with Gasteiger partial charge in [0, 0.05) is 0 Å². The maximum atomic E-state index is 9.62. The van der Waals surface area contributed by atoms with Gasteiger partial charge in [-0.3, -0.25) is 0 Å². The number of aliphatic hydroxyl groups excluding tert-OH is 1. The zero-order valence-electron chi connectivity index (χ0n) is 10.2. The van der Waals surface area contributed by atoms with Gasteiger partial charge in [-0.2, -0.15) is 0 Å². The van der Waals surface area contributed by atoms with Gasteiger partial charge in [-0.15, -0.1) is 0 Å². The smallest absolute Gasteiger partial charge is 0.0801 e. The molecule has 2 unspecified atom stereocenters. The van der Waals surface area contributed by atoms with Gasteiger partial charge in [0.15, 0.2) is 0 Å². The highest BCUT2D eigenvalue weighted by Crippen LogP contribution is 2.32. The zero-order chi connectivity index (χ0) is 11.1. The molecule has 1 N–H and O–H groups in total. The molecule has 1 aliphatic rings. The van der Waals surface area contributed by atoms with Crippen molar-refractivity contribution < 1.29 is 9.84 Å². The first-order chi connectivity index (χ1) is 7.24. The summed E-state index contributed by atoms with van der Waals surface area (Å²) in [7, 11) is 0. The standard InChI is InChI=1S/C13H26O2/c1-3-4-5-6-7-11(2)15-10-13(14)12-8-9-12/h11-14H,3-10H2,1-2H3. The molecule has 0 aromatic carbocycles. The Balaban J connectivity index is 1.90. The number of rotatable bonds is 9. The Morgan fingerprint density at radius 1 is 1.27 bits per heavy atom. The van der Waals surface area contributed by atoms with Gasteiger partial charge in [0.1, 0.15) is 0 Å². The summed E-state index contributed by atoms with van der Waals surface area (Å²) in [4.78, 5) is 0. The van der Waals surface area contributed by atoms with Crippen LogP contribution in [-0.4, -0.2) is 23.9 Å². The Morgan fingerprint density at radius 3 is 2.60 bits per heavy atom. The molecule has 0 saturated heterocycles. The van der Waals surface area contributed by atoms with Gasteiger partial charge in [-0.25, -0.2) is 0 Å². The molecule has 2 heteroatoms. The van der Waals surface area contributed by atoms with Crippen molar-refractivity contribution in [2.45, 2.75) is 71.0 Å². The van der Waals surface area contributed by atoms with Crippen molar-refractivity contribution in [3.63, 3.8) is 0 Å². The first-order valence-electron chi connectivity index (χ1n) is 6.53. The number of unbranched alkanes of at least 4 members (excludes halogenated alkanes) is 3. The first-order valence-corrected chi connectivity index (χ1v) is 6.53. The largest absolute Gasteiger partial charge is 0.390 e. The SMILES string of the molecule is CCCCCCC(C)OCC(O)C1CC1. The van der Waals surface area contributed by atoms with Gasteiger partial charge in [0.25, 0.3) is 0 Å². The van der Waals surface area contributed by atoms with Crippen LogP contribution in [0.15, 0.2) is 0 Å². The molecule has 0 heterocycles. The highest BCUT2D eigenvalue weighted by molar-refractivity contribution is 4.80. The summed E-state index contributed by atoms with van der Waals surface area (Å²) in [6.45, 7) is 4.89. The Morgan fingerprint density at radius 2 is 2.00 bits per heavy atom. The summed E-state index contributed by atoms with van der Waals surface area (Å²) in [6.07, 6.45) is 8.82. The van der Waals surface area contributed by atoms with E-state index in [1.54, 1.807) is 0 Å². The minimum atomic E-state index is -0.205. The van der Waals surface area contributed by atoms with Gasteiger partial charge in [-0.05, 0) is 32.1 Å². The molecule has 2 nitrogen and oxygen atoms in total. The molecule has 1 rings (SSSR count). The molecule has 0 aromatic heterocycles. The van der Waals surface area contributed by atoms with Crippen LogP contribution in [0.2, 0.25) is 0 Å². The molecule has 2 atom stereocenters. The molecule has 1 aliphatic carbocycles. The van der Waals surface area contributed by atoms with Crippen molar-refractivity contribution in [3.05, 3.63) is 0 Å². The Kier molecular flexibility index (Phi) is 6.26. The van der Waals surface area contributed by atoms with Gasteiger partial charge >= 0.3 is 0 Å². The van der Waals surface area contributed by atoms with Crippen molar-refractivity contribution >= 4 is 0 Å². The van der Waals surface area contributed by atoms with E-state index in [0.29, 0.717) is 18.6 Å². The van der Waals surface area contributed by atoms with Gasteiger partial charge in [0.05, 0.1) is 18.8 Å². The van der Waals surface area contributed by atoms with E-state index >= 15 is 0 Å². The maximum absolute atomic E-state index is 9.62. The number of hydrogen-bond donors (Lipinski definition) is 1. The van der Waals surface area contributed by atoms with Gasteiger partial charge in [0.2, 0.25) is 0 Å². The molecule has 0 aromatic rings. The van der Waals surface area contributed by atoms with Crippen molar-refractivity contribution in [2.75, 3.05) is 6.61 Å². The van der Waals surface area contributed by atoms with Crippen molar-refractivity contribution in [2.24, 2.45) is 5.92 Å². The van der Waals surface area contributed by atoms with Crippen LogP contribution in [0.25, 0.3) is 0 Å². The fourth-order valence-corrected chi connectivity index (χ4v) is 1.82. The monoisotopic (exact) mass is 214 g/mol. The molecule has 15 heavy (non-hydrogen) atoms. The van der Waals surface area contributed by atoms with Crippen LogP contribution in [0, 0.1) is 5.92 Å². The van der Waals surface area contributed by atoms with E-state index in [4.69, 9.17) is 4.74 Å². The second-order valence-corrected chi connectivity index (χ2v) is 4.90. The molecule has 0 aliphatic heterocycles. The third-order valence-corrected chi connectivity index (χ3v) is 3.18. The lowest BCUT2D eigenvalue weighted by atomic mass is 10.1. The van der Waals surface area contributed by atoms with E-state index < -0.39 is 0 Å². The summed E-state index contributed by atoms with van der Waals surface area (Å²) in [5.74, 6) is 0.539. The van der Waals surface area contributed by atoms with Crippen LogP contribution in [-0.2, 0) is 4.74 Å². The summed E-state index contributed by atoms with van der Waals surface area (Å²) in [5, 5.41) is 9.62. The Hall–Kier alpha value is -0.0800. The molecular weight excluding hydrogens is 188 g/mol. The van der Waals surface area contributed by atoms with Crippen LogP contribution in [0.5, 0.6) is 0 Å². The van der Waals surface area contributed by atoms with Crippen LogP contribution < -0.4 is 0 Å². The summed E-state index contributed by atoms with van der Waals surface area (Å²) in [6, 6.07) is 0. The van der Waals surface area contributed by atoms with Gasteiger partial charge in [-0.1, -0.05) is 32.6 Å². The fraction of sp³-hybridized carbons (Fsp3) is 1.00. The van der Waals surface area contributed by atoms with E-state index in [2.05, 4.69) is 13.8 Å². The molecule has 0 bridgehead atoms. The van der Waals surface area contributed by atoms with E-state index in [9.17, 15) is 5.11 Å². The lowest BCUT2D eigenvalue weighted by Crippen LogP contribution is -2.21. The average molecular weight is 214 g/mol. The minimum Gasteiger partial charge on any atom is -0.390 e. The summed E-state index contributed by atoms with van der Waals surface area (Å²) >= 11 is 0. The first kappa shape index (κ1) is 13.0. The van der Waals surface area contributed by atoms with E-state index in [0.717, 1.165) is 6.42 Å². The summed E-state index contributed by atoms with van der Waals surface area (Å²) < 4.78 is 5.64. The van der Waals surface area contributed by atoms with Gasteiger partial charge < -0.3 is 9.84 Å². The van der Waals surface area contributed by atoms with E-state index in [-0.39, 0.29) is 6.10 Å². The highest BCUT2D eigenvalue weighted by Gasteiger charge is 2.29. The molecule has 1 fully saturated rings. The molecule has 0 radical (unpaired) electrons. The average Bonchev–Trinajstić information content (AvgIpc) is 3.04. The van der Waals surface area contributed by atoms with E-state index in [1.165, 1.54) is 38.5 Å². The molecule has 1 saturated carbocycles. The van der Waals surface area contributed by atoms with Crippen LogP contribution >= 0.6 is 0 Å². The summed E-state index contributed by atoms with van der Waals surface area (Å²) in [5.41, 5.74) is 0. The lowest BCUT2D eigenvalue weighted by molar-refractivity contribution is -0.0135. The maximum Gasteiger partial charge on any atom is 0.0801 e. The quantitative estimate of drug-likeness (QED) is 0.597. The number of hydrogen-bond acceptors (Lipinski definition) is 2. The second kappa shape index (κ2) is 7.24. The van der Waals surface area contributed by atoms with Crippen LogP contribution in [0.1, 0.15) is 58.8 Å². The van der Waals surface area contributed by atoms with Crippen molar-refractivity contribution in [1.29, 1.82) is 0 Å². The predicted molar refractivity (Wildman–Crippen MR) is 62.9 cm³/mol. The third kappa shape index (κ3) is 6.16. The van der Waals surface area contributed by atoms with Crippen LogP contribution in [0.4, 0.5) is 0 Å². The molecule has 0 amide bonds. The normalized spacial score (nSPS) is 20.2. The zero-order valence-corrected chi connectivity index (χ0v) is 10.2. The number of aliphatic hydroxyl groups is 1. The van der Waals surface area contributed by atoms with Crippen LogP contribution in [0.3, 0.4) is 0 Å². The molecule has 90 valence electrons. The fourth-order valence-electron chi connectivity index (χ4n) is 1.82. The Labute approximate surface area is 94.0 Å². The van der Waals surface area contributed by atoms with Crippen molar-refractivity contribution in [3.8, 4) is 0 Å². The molecular formula is C13H26O2. The second-order valence-electron chi connectivity index (χ2n) is 4.90. The van der Waals surface area contributed by atoms with Crippen molar-refractivity contribution in [1.82, 2.24) is 0 Å². The predicted octanol–water partition coefficient (Wildman–Crippen LogP) is 3.13. The topological polar surface area (TPSA) is 29.5 Å². The van der Waals surface area contributed by atoms with E-state index in [1.807, 2.05) is 0 Å². The Bertz CT molecular complexity index is 155. The minimum absolute atomic E-state index is 0.205. The third-order valence-electron chi connectivity index (χ3n) is 3.18. The highest BCUT2D eigenvalue weighted by atomic mass is 16.5. The lowest BCUT2D eigenvalue weighted by Gasteiger charge is -2.15.